The molecule has 1 aliphatic heterocycles. The third-order valence-electron chi connectivity index (χ3n) is 4.09. The van der Waals surface area contributed by atoms with Gasteiger partial charge in [0.05, 0.1) is 25.8 Å². The molecule has 1 aromatic heterocycles. The van der Waals surface area contributed by atoms with Crippen molar-refractivity contribution in [3.8, 4) is 0 Å². The fourth-order valence-corrected chi connectivity index (χ4v) is 3.74. The first kappa shape index (κ1) is 17.2. The fraction of sp³-hybridized carbons (Fsp3) is 0.688. The van der Waals surface area contributed by atoms with Crippen molar-refractivity contribution in [1.82, 2.24) is 9.80 Å². The number of nitrogens with zero attached hydrogens (tertiary/aromatic N) is 3. The highest BCUT2D eigenvalue weighted by molar-refractivity contribution is 7.12. The minimum atomic E-state index is 0.303. The molecule has 0 aromatic carbocycles. The number of hydrogen-bond donors (Lipinski definition) is 1. The minimum Gasteiger partial charge on any atom is -0.379 e. The average Bonchev–Trinajstić information content (AvgIpc) is 2.96. The van der Waals surface area contributed by atoms with Crippen molar-refractivity contribution >= 4 is 17.3 Å². The molecule has 1 unspecified atom stereocenters. The van der Waals surface area contributed by atoms with E-state index in [2.05, 4.69) is 47.7 Å². The van der Waals surface area contributed by atoms with Crippen LogP contribution in [0.15, 0.2) is 17.1 Å². The zero-order valence-electron chi connectivity index (χ0n) is 13.9. The van der Waals surface area contributed by atoms with Gasteiger partial charge in [-0.05, 0) is 32.9 Å². The van der Waals surface area contributed by atoms with E-state index >= 15 is 0 Å². The van der Waals surface area contributed by atoms with Crippen LogP contribution in [0.25, 0.3) is 0 Å². The van der Waals surface area contributed by atoms with Crippen LogP contribution in [0.2, 0.25) is 0 Å². The molecule has 124 valence electrons. The Hall–Kier alpha value is -1.11. The molecule has 1 aliphatic rings. The second-order valence-electron chi connectivity index (χ2n) is 5.48. The summed E-state index contributed by atoms with van der Waals surface area (Å²) in [7, 11) is 0. The van der Waals surface area contributed by atoms with Crippen molar-refractivity contribution in [2.24, 2.45) is 10.7 Å². The second kappa shape index (κ2) is 8.50. The molecule has 1 saturated heterocycles. The van der Waals surface area contributed by atoms with E-state index in [1.54, 1.807) is 0 Å². The summed E-state index contributed by atoms with van der Waals surface area (Å²) >= 11 is 1.85. The van der Waals surface area contributed by atoms with E-state index in [0.29, 0.717) is 18.5 Å². The van der Waals surface area contributed by atoms with E-state index in [4.69, 9.17) is 10.5 Å². The third-order valence-corrected chi connectivity index (χ3v) is 5.19. The molecular formula is C16H28N4OS. The summed E-state index contributed by atoms with van der Waals surface area (Å²) in [6.07, 6.45) is 0. The first-order valence-corrected chi connectivity index (χ1v) is 8.90. The molecule has 6 heteroatoms. The van der Waals surface area contributed by atoms with Crippen molar-refractivity contribution in [3.63, 3.8) is 0 Å². The lowest BCUT2D eigenvalue weighted by Crippen LogP contribution is -2.41. The Bertz CT molecular complexity index is 478. The topological polar surface area (TPSA) is 54.1 Å². The fourth-order valence-electron chi connectivity index (χ4n) is 2.73. The molecule has 0 radical (unpaired) electrons. The van der Waals surface area contributed by atoms with Crippen LogP contribution in [-0.2, 0) is 4.74 Å². The lowest BCUT2D eigenvalue weighted by atomic mass is 10.2. The molecule has 0 saturated carbocycles. The van der Waals surface area contributed by atoms with E-state index in [-0.39, 0.29) is 0 Å². The number of morpholine rings is 1. The maximum Gasteiger partial charge on any atom is 0.191 e. The van der Waals surface area contributed by atoms with Crippen molar-refractivity contribution in [2.75, 3.05) is 45.9 Å². The number of ether oxygens (including phenoxy) is 1. The van der Waals surface area contributed by atoms with Crippen molar-refractivity contribution in [3.05, 3.63) is 21.9 Å². The van der Waals surface area contributed by atoms with Gasteiger partial charge in [-0.2, -0.15) is 0 Å². The van der Waals surface area contributed by atoms with Gasteiger partial charge in [-0.1, -0.05) is 0 Å². The van der Waals surface area contributed by atoms with Crippen molar-refractivity contribution in [1.29, 1.82) is 0 Å². The van der Waals surface area contributed by atoms with Crippen molar-refractivity contribution < 1.29 is 4.74 Å². The molecule has 0 aliphatic carbocycles. The zero-order chi connectivity index (χ0) is 15.9. The first-order chi connectivity index (χ1) is 10.7. The van der Waals surface area contributed by atoms with Crippen LogP contribution in [0.1, 0.15) is 29.6 Å². The Morgan fingerprint density at radius 2 is 2.05 bits per heavy atom. The highest BCUT2D eigenvalue weighted by Gasteiger charge is 2.23. The summed E-state index contributed by atoms with van der Waals surface area (Å²) in [6, 6.07) is 4.71. The van der Waals surface area contributed by atoms with Gasteiger partial charge < -0.3 is 15.4 Å². The summed E-state index contributed by atoms with van der Waals surface area (Å²) < 4.78 is 5.48. The molecule has 22 heavy (non-hydrogen) atoms. The number of hydrogen-bond acceptors (Lipinski definition) is 4. The van der Waals surface area contributed by atoms with E-state index in [1.807, 2.05) is 11.3 Å². The monoisotopic (exact) mass is 324 g/mol. The SMILES string of the molecule is CCN(CC)C(N)=NCC(c1ccc(C)s1)N1CCOCC1. The van der Waals surface area contributed by atoms with Gasteiger partial charge in [-0.25, -0.2) is 0 Å². The van der Waals surface area contributed by atoms with E-state index in [9.17, 15) is 0 Å². The molecule has 1 atom stereocenters. The van der Waals surface area contributed by atoms with Crippen LogP contribution in [0.3, 0.4) is 0 Å². The Labute approximate surface area is 137 Å². The molecule has 2 rings (SSSR count). The summed E-state index contributed by atoms with van der Waals surface area (Å²) in [5.74, 6) is 0.650. The molecule has 0 bridgehead atoms. The average molecular weight is 324 g/mol. The smallest absolute Gasteiger partial charge is 0.191 e. The Kier molecular flexibility index (Phi) is 6.67. The van der Waals surface area contributed by atoms with Crippen molar-refractivity contribution in [2.45, 2.75) is 26.8 Å². The number of aryl methyl sites for hydroxylation is 1. The molecular weight excluding hydrogens is 296 g/mol. The largest absolute Gasteiger partial charge is 0.379 e. The summed E-state index contributed by atoms with van der Waals surface area (Å²) in [5.41, 5.74) is 6.14. The van der Waals surface area contributed by atoms with Gasteiger partial charge in [0, 0.05) is 35.9 Å². The summed E-state index contributed by atoms with van der Waals surface area (Å²) in [4.78, 5) is 11.9. The zero-order valence-corrected chi connectivity index (χ0v) is 14.7. The van der Waals surface area contributed by atoms with Crippen LogP contribution in [0.5, 0.6) is 0 Å². The molecule has 5 nitrogen and oxygen atoms in total. The quantitative estimate of drug-likeness (QED) is 0.643. The van der Waals surface area contributed by atoms with Gasteiger partial charge in [-0.3, -0.25) is 9.89 Å². The second-order valence-corrected chi connectivity index (χ2v) is 6.80. The Balaban J connectivity index is 2.12. The number of rotatable bonds is 6. The van der Waals surface area contributed by atoms with Crippen LogP contribution in [-0.4, -0.2) is 61.7 Å². The van der Waals surface area contributed by atoms with Gasteiger partial charge in [0.15, 0.2) is 5.96 Å². The molecule has 2 N–H and O–H groups in total. The molecule has 0 amide bonds. The van der Waals surface area contributed by atoms with Gasteiger partial charge in [-0.15, -0.1) is 11.3 Å². The predicted molar refractivity (Wildman–Crippen MR) is 93.6 cm³/mol. The number of aliphatic imine (C=N–C) groups is 1. The van der Waals surface area contributed by atoms with Gasteiger partial charge in [0.1, 0.15) is 0 Å². The van der Waals surface area contributed by atoms with Crippen LogP contribution >= 0.6 is 11.3 Å². The molecule has 1 aromatic rings. The molecule has 2 heterocycles. The third kappa shape index (κ3) is 4.44. The predicted octanol–water partition coefficient (Wildman–Crippen LogP) is 2.09. The van der Waals surface area contributed by atoms with E-state index < -0.39 is 0 Å². The first-order valence-electron chi connectivity index (χ1n) is 8.08. The standard InChI is InChI=1S/C16H28N4OS/c1-4-19(5-2)16(17)18-12-14(15-7-6-13(3)22-15)20-8-10-21-11-9-20/h6-7,14H,4-5,8-12H2,1-3H3,(H2,17,18). The van der Waals surface area contributed by atoms with Gasteiger partial charge >= 0.3 is 0 Å². The highest BCUT2D eigenvalue weighted by Crippen LogP contribution is 2.28. The van der Waals surface area contributed by atoms with E-state index in [0.717, 1.165) is 39.4 Å². The lowest BCUT2D eigenvalue weighted by Gasteiger charge is -2.33. The lowest BCUT2D eigenvalue weighted by molar-refractivity contribution is 0.0186. The van der Waals surface area contributed by atoms with Crippen LogP contribution in [0, 0.1) is 6.92 Å². The highest BCUT2D eigenvalue weighted by atomic mass is 32.1. The maximum atomic E-state index is 6.14. The Morgan fingerprint density at radius 1 is 1.36 bits per heavy atom. The van der Waals surface area contributed by atoms with Gasteiger partial charge in [0.25, 0.3) is 0 Å². The number of nitrogens with two attached hydrogens (primary N) is 1. The molecule has 1 fully saturated rings. The summed E-state index contributed by atoms with van der Waals surface area (Å²) in [6.45, 7) is 12.4. The maximum absolute atomic E-state index is 6.14. The number of thiophene rings is 1. The Morgan fingerprint density at radius 3 is 2.59 bits per heavy atom. The van der Waals surface area contributed by atoms with Crippen LogP contribution < -0.4 is 5.73 Å². The van der Waals surface area contributed by atoms with E-state index in [1.165, 1.54) is 9.75 Å². The minimum absolute atomic E-state index is 0.303. The molecule has 0 spiro atoms. The normalized spacial score (nSPS) is 18.4. The number of guanidine groups is 1. The summed E-state index contributed by atoms with van der Waals surface area (Å²) in [5, 5.41) is 0. The van der Waals surface area contributed by atoms with Crippen LogP contribution in [0.4, 0.5) is 0 Å². The van der Waals surface area contributed by atoms with Gasteiger partial charge in [0.2, 0.25) is 0 Å².